The van der Waals surface area contributed by atoms with Crippen molar-refractivity contribution in [3.05, 3.63) is 90.5 Å². The first-order valence-corrected chi connectivity index (χ1v) is 13.0. The number of para-hydroxylation sites is 1. The number of nitrogens with one attached hydrogen (secondary N) is 1. The highest BCUT2D eigenvalue weighted by atomic mass is 32.2. The molecular weight excluding hydrogens is 432 g/mol. The van der Waals surface area contributed by atoms with Crippen molar-refractivity contribution in [2.24, 2.45) is 5.92 Å². The third-order valence-electron chi connectivity index (χ3n) is 6.11. The summed E-state index contributed by atoms with van der Waals surface area (Å²) in [4.78, 5) is 15.0. The molecule has 0 amide bonds. The third kappa shape index (κ3) is 6.45. The van der Waals surface area contributed by atoms with Gasteiger partial charge >= 0.3 is 0 Å². The third-order valence-corrected chi connectivity index (χ3v) is 7.51. The van der Waals surface area contributed by atoms with Crippen molar-refractivity contribution in [1.29, 1.82) is 0 Å². The second-order valence-corrected chi connectivity index (χ2v) is 10.3. The van der Waals surface area contributed by atoms with Gasteiger partial charge in [0.25, 0.3) is 10.0 Å². The fraction of sp³-hybridized carbons (Fsp3) is 0.296. The largest absolute Gasteiger partial charge is 0.371 e. The lowest BCUT2D eigenvalue weighted by molar-refractivity contribution is -0.120. The molecule has 172 valence electrons. The Kier molecular flexibility index (Phi) is 7.45. The fourth-order valence-electron chi connectivity index (χ4n) is 4.38. The summed E-state index contributed by atoms with van der Waals surface area (Å²) in [7, 11) is -3.63. The highest BCUT2D eigenvalue weighted by molar-refractivity contribution is 7.92. The highest BCUT2D eigenvalue weighted by Crippen LogP contribution is 2.27. The van der Waals surface area contributed by atoms with Crippen LogP contribution in [0.2, 0.25) is 0 Å². The number of hydrogen-bond acceptors (Lipinski definition) is 4. The summed E-state index contributed by atoms with van der Waals surface area (Å²) in [6.45, 7) is 1.74. The molecule has 4 rings (SSSR count). The second kappa shape index (κ2) is 10.7. The molecule has 3 aromatic rings. The quantitative estimate of drug-likeness (QED) is 0.469. The monoisotopic (exact) mass is 462 g/mol. The van der Waals surface area contributed by atoms with Gasteiger partial charge in [-0.1, -0.05) is 48.5 Å². The van der Waals surface area contributed by atoms with Crippen molar-refractivity contribution in [3.63, 3.8) is 0 Å². The van der Waals surface area contributed by atoms with E-state index in [0.29, 0.717) is 30.2 Å². The Morgan fingerprint density at radius 1 is 0.909 bits per heavy atom. The van der Waals surface area contributed by atoms with Gasteiger partial charge in [-0.25, -0.2) is 8.42 Å². The summed E-state index contributed by atoms with van der Waals surface area (Å²) in [6, 6.07) is 26.0. The van der Waals surface area contributed by atoms with Crippen LogP contribution in [0.5, 0.6) is 0 Å². The zero-order valence-electron chi connectivity index (χ0n) is 18.7. The molecule has 5 nitrogen and oxygen atoms in total. The molecule has 3 aromatic carbocycles. The number of sulfonamides is 1. The summed E-state index contributed by atoms with van der Waals surface area (Å²) >= 11 is 0. The van der Waals surface area contributed by atoms with E-state index in [0.717, 1.165) is 38.0 Å². The van der Waals surface area contributed by atoms with Gasteiger partial charge in [-0.3, -0.25) is 9.52 Å². The lowest BCUT2D eigenvalue weighted by Crippen LogP contribution is -2.36. The van der Waals surface area contributed by atoms with E-state index >= 15 is 0 Å². The fourth-order valence-corrected chi connectivity index (χ4v) is 5.43. The number of piperidine rings is 1. The molecule has 1 aliphatic heterocycles. The number of carbonyl (C=O) groups is 1. The van der Waals surface area contributed by atoms with Crippen LogP contribution in [0.15, 0.2) is 89.8 Å². The van der Waals surface area contributed by atoms with Crippen LogP contribution in [0.3, 0.4) is 0 Å². The number of carbonyl (C=O) groups excluding carboxylic acids is 1. The Hall–Kier alpha value is -3.12. The molecular formula is C27H30N2O3S. The van der Waals surface area contributed by atoms with Crippen LogP contribution in [-0.2, 0) is 21.2 Å². The van der Waals surface area contributed by atoms with Crippen molar-refractivity contribution < 1.29 is 13.2 Å². The lowest BCUT2D eigenvalue weighted by Gasteiger charge is -2.34. The molecule has 0 aromatic heterocycles. The average molecular weight is 463 g/mol. The number of rotatable bonds is 9. The zero-order valence-corrected chi connectivity index (χ0v) is 19.5. The van der Waals surface area contributed by atoms with E-state index in [9.17, 15) is 13.2 Å². The summed E-state index contributed by atoms with van der Waals surface area (Å²) in [5, 5.41) is 0. The van der Waals surface area contributed by atoms with Crippen molar-refractivity contribution in [1.82, 2.24) is 0 Å². The molecule has 6 heteroatoms. The predicted octanol–water partition coefficient (Wildman–Crippen LogP) is 5.30. The molecule has 0 saturated carbocycles. The summed E-state index contributed by atoms with van der Waals surface area (Å²) in [5.41, 5.74) is 2.74. The Labute approximate surface area is 196 Å². The number of benzene rings is 3. The van der Waals surface area contributed by atoms with Crippen LogP contribution < -0.4 is 9.62 Å². The molecule has 1 heterocycles. The van der Waals surface area contributed by atoms with Gasteiger partial charge in [0.2, 0.25) is 0 Å². The van der Waals surface area contributed by atoms with Gasteiger partial charge in [0.15, 0.2) is 0 Å². The van der Waals surface area contributed by atoms with Crippen LogP contribution in [0.25, 0.3) is 0 Å². The first-order chi connectivity index (χ1) is 16.0. The van der Waals surface area contributed by atoms with Gasteiger partial charge in [0, 0.05) is 37.3 Å². The normalized spacial score (nSPS) is 16.4. The molecule has 1 atom stereocenters. The number of nitrogens with zero attached hydrogens (tertiary/aromatic N) is 1. The molecule has 1 aliphatic rings. The minimum atomic E-state index is -3.63. The molecule has 1 saturated heterocycles. The number of aryl methyl sites for hydroxylation is 1. The molecule has 0 aliphatic carbocycles. The SMILES string of the molecule is O=C(CCc1ccccc1)CC1CCCN(c2ccc(S(=O)(=O)Nc3ccccc3)cc2)C1. The maximum absolute atomic E-state index is 12.7. The second-order valence-electron chi connectivity index (χ2n) is 8.65. The summed E-state index contributed by atoms with van der Waals surface area (Å²) in [6.07, 6.45) is 4.08. The van der Waals surface area contributed by atoms with E-state index in [2.05, 4.69) is 21.8 Å². The van der Waals surface area contributed by atoms with Crippen LogP contribution in [0, 0.1) is 5.92 Å². The Morgan fingerprint density at radius 3 is 2.27 bits per heavy atom. The smallest absolute Gasteiger partial charge is 0.261 e. The molecule has 0 bridgehead atoms. The van der Waals surface area contributed by atoms with Crippen molar-refractivity contribution in [2.45, 2.75) is 37.0 Å². The average Bonchev–Trinajstić information content (AvgIpc) is 2.84. The molecule has 0 radical (unpaired) electrons. The molecule has 1 unspecified atom stereocenters. The van der Waals surface area contributed by atoms with Crippen molar-refractivity contribution in [3.8, 4) is 0 Å². The minimum absolute atomic E-state index is 0.236. The van der Waals surface area contributed by atoms with Gasteiger partial charge in [0.1, 0.15) is 5.78 Å². The Morgan fingerprint density at radius 2 is 1.58 bits per heavy atom. The zero-order chi connectivity index (χ0) is 23.1. The van der Waals surface area contributed by atoms with Gasteiger partial charge in [0.05, 0.1) is 4.90 Å². The Balaban J connectivity index is 1.32. The van der Waals surface area contributed by atoms with Gasteiger partial charge in [-0.05, 0) is 67.1 Å². The van der Waals surface area contributed by atoms with Gasteiger partial charge < -0.3 is 4.90 Å². The standard InChI is InChI=1S/C27H30N2O3S/c30-26(16-13-22-8-3-1-4-9-22)20-23-10-7-19-29(21-23)25-14-17-27(18-15-25)33(31,32)28-24-11-5-2-6-12-24/h1-6,8-9,11-12,14-15,17-18,23,28H,7,10,13,16,19-21H2. The Bertz CT molecular complexity index is 1150. The van der Waals surface area contributed by atoms with E-state index in [-0.39, 0.29) is 4.90 Å². The molecule has 33 heavy (non-hydrogen) atoms. The maximum atomic E-state index is 12.7. The highest BCUT2D eigenvalue weighted by Gasteiger charge is 2.23. The minimum Gasteiger partial charge on any atom is -0.371 e. The summed E-state index contributed by atoms with van der Waals surface area (Å²) in [5.74, 6) is 0.657. The van der Waals surface area contributed by atoms with Crippen LogP contribution in [0.4, 0.5) is 11.4 Å². The first-order valence-electron chi connectivity index (χ1n) is 11.5. The topological polar surface area (TPSA) is 66.5 Å². The van der Waals surface area contributed by atoms with Gasteiger partial charge in [-0.15, -0.1) is 0 Å². The number of Topliss-reactive ketones (excluding diaryl/α,β-unsaturated/α-hetero) is 1. The molecule has 1 fully saturated rings. The van der Waals surface area contributed by atoms with E-state index in [4.69, 9.17) is 0 Å². The van der Waals surface area contributed by atoms with E-state index in [1.165, 1.54) is 5.56 Å². The van der Waals surface area contributed by atoms with E-state index < -0.39 is 10.0 Å². The van der Waals surface area contributed by atoms with Crippen LogP contribution in [-0.4, -0.2) is 27.3 Å². The summed E-state index contributed by atoms with van der Waals surface area (Å²) < 4.78 is 27.9. The number of hydrogen-bond donors (Lipinski definition) is 1. The predicted molar refractivity (Wildman–Crippen MR) is 133 cm³/mol. The number of anilines is 2. The van der Waals surface area contributed by atoms with E-state index in [1.54, 1.807) is 36.4 Å². The van der Waals surface area contributed by atoms with Crippen LogP contribution >= 0.6 is 0 Å². The molecule has 1 N–H and O–H groups in total. The van der Waals surface area contributed by atoms with Crippen molar-refractivity contribution in [2.75, 3.05) is 22.7 Å². The van der Waals surface area contributed by atoms with E-state index in [1.807, 2.05) is 36.4 Å². The maximum Gasteiger partial charge on any atom is 0.261 e. The first kappa shape index (κ1) is 23.1. The lowest BCUT2D eigenvalue weighted by atomic mass is 9.91. The van der Waals surface area contributed by atoms with Crippen LogP contribution in [0.1, 0.15) is 31.2 Å². The molecule has 0 spiro atoms. The van der Waals surface area contributed by atoms with Crippen molar-refractivity contribution >= 4 is 27.2 Å². The number of ketones is 1. The van der Waals surface area contributed by atoms with Gasteiger partial charge in [-0.2, -0.15) is 0 Å².